The number of pyridine rings is 1. The number of benzene rings is 1. The van der Waals surface area contributed by atoms with Crippen molar-refractivity contribution in [3.8, 4) is 16.9 Å². The molecule has 4 rings (SSSR count). The first-order chi connectivity index (χ1) is 19.8. The van der Waals surface area contributed by atoms with Gasteiger partial charge in [-0.1, -0.05) is 0 Å². The Morgan fingerprint density at radius 3 is 2.55 bits per heavy atom. The average molecular weight is 581 g/mol. The van der Waals surface area contributed by atoms with E-state index >= 15 is 0 Å². The molecule has 0 aliphatic carbocycles. The van der Waals surface area contributed by atoms with E-state index in [-0.39, 0.29) is 24.8 Å². The molecule has 0 bridgehead atoms. The molecule has 12 heteroatoms. The third-order valence-electron chi connectivity index (χ3n) is 6.77. The highest BCUT2D eigenvalue weighted by molar-refractivity contribution is 5.93. The van der Waals surface area contributed by atoms with Crippen LogP contribution < -0.4 is 4.74 Å². The number of carbonyl (C=O) groups excluding carboxylic acids is 2. The van der Waals surface area contributed by atoms with Crippen LogP contribution in [0.2, 0.25) is 0 Å². The van der Waals surface area contributed by atoms with E-state index in [9.17, 15) is 14.0 Å². The number of rotatable bonds is 9. The molecule has 11 nitrogen and oxygen atoms in total. The van der Waals surface area contributed by atoms with Gasteiger partial charge in [0.15, 0.2) is 5.69 Å². The first-order valence-corrected chi connectivity index (χ1v) is 13.5. The third-order valence-corrected chi connectivity index (χ3v) is 6.77. The Balaban J connectivity index is 1.57. The predicted molar refractivity (Wildman–Crippen MR) is 155 cm³/mol. The second-order valence-electron chi connectivity index (χ2n) is 11.0. The van der Waals surface area contributed by atoms with Crippen LogP contribution in [0.25, 0.3) is 16.8 Å². The minimum absolute atomic E-state index is 0.180. The van der Waals surface area contributed by atoms with Crippen molar-refractivity contribution in [2.45, 2.75) is 46.3 Å². The van der Waals surface area contributed by atoms with E-state index in [4.69, 9.17) is 14.3 Å². The van der Waals surface area contributed by atoms with Crippen LogP contribution in [0, 0.1) is 12.7 Å². The van der Waals surface area contributed by atoms with Crippen molar-refractivity contribution < 1.29 is 28.3 Å². The summed E-state index contributed by atoms with van der Waals surface area (Å²) in [6.45, 7) is 7.78. The van der Waals surface area contributed by atoms with Crippen LogP contribution in [0.3, 0.4) is 0 Å². The highest BCUT2D eigenvalue weighted by Crippen LogP contribution is 2.32. The van der Waals surface area contributed by atoms with E-state index in [1.165, 1.54) is 31.2 Å². The summed E-state index contributed by atoms with van der Waals surface area (Å²) in [5.41, 5.74) is 4.13. The zero-order valence-electron chi connectivity index (χ0n) is 25.3. The van der Waals surface area contributed by atoms with E-state index in [2.05, 4.69) is 10.1 Å². The van der Waals surface area contributed by atoms with E-state index in [0.717, 1.165) is 27.6 Å². The number of halogens is 1. The zero-order valence-corrected chi connectivity index (χ0v) is 25.3. The van der Waals surface area contributed by atoms with E-state index in [1.54, 1.807) is 31.0 Å². The van der Waals surface area contributed by atoms with Gasteiger partial charge in [0.2, 0.25) is 0 Å². The lowest BCUT2D eigenvalue weighted by Gasteiger charge is -2.24. The van der Waals surface area contributed by atoms with E-state index in [0.29, 0.717) is 23.4 Å². The predicted octanol–water partition coefficient (Wildman–Crippen LogP) is 4.80. The first-order valence-electron chi connectivity index (χ1n) is 13.5. The lowest BCUT2D eigenvalue weighted by atomic mass is 10.1. The second-order valence-corrected chi connectivity index (χ2v) is 11.0. The highest BCUT2D eigenvalue weighted by Gasteiger charge is 2.23. The van der Waals surface area contributed by atoms with E-state index < -0.39 is 17.5 Å². The minimum Gasteiger partial charge on any atom is -0.492 e. The number of fused-ring (bicyclic) bond motifs is 1. The largest absolute Gasteiger partial charge is 0.492 e. The number of aryl methyl sites for hydroxylation is 1. The Bertz CT molecular complexity index is 1610. The third kappa shape index (κ3) is 6.71. The van der Waals surface area contributed by atoms with Crippen LogP contribution in [-0.2, 0) is 29.6 Å². The fourth-order valence-corrected chi connectivity index (χ4v) is 4.43. The summed E-state index contributed by atoms with van der Waals surface area (Å²) < 4.78 is 29.4. The van der Waals surface area contributed by atoms with Gasteiger partial charge in [-0.3, -0.25) is 14.3 Å². The molecular weight excluding hydrogens is 543 g/mol. The van der Waals surface area contributed by atoms with Gasteiger partial charge in [-0.25, -0.2) is 19.2 Å². The molecule has 0 radical (unpaired) electrons. The zero-order chi connectivity index (χ0) is 30.8. The van der Waals surface area contributed by atoms with Crippen molar-refractivity contribution in [3.63, 3.8) is 0 Å². The van der Waals surface area contributed by atoms with Gasteiger partial charge in [0.1, 0.15) is 22.8 Å². The molecular formula is C30H37FN6O5. The smallest absolute Gasteiger partial charge is 0.410 e. The first kappa shape index (κ1) is 30.5. The van der Waals surface area contributed by atoms with E-state index in [1.807, 2.05) is 50.4 Å². The summed E-state index contributed by atoms with van der Waals surface area (Å²) >= 11 is 0. The van der Waals surface area contributed by atoms with Crippen molar-refractivity contribution in [1.29, 1.82) is 0 Å². The standard InChI is InChI=1S/C30H37FN6O5/c1-19-23(27(33-35(19)6)28(38)36(7)40-8)13-14-41-25-15-21(31)10-11-24(25)20-9-12-26-32-16-22(37(26)17-20)18-34(5)29(39)42-30(2,3)4/h9-12,15-17H,13-14,18H2,1-8H3. The van der Waals surface area contributed by atoms with Crippen LogP contribution in [0.5, 0.6) is 5.75 Å². The number of hydrogen-bond donors (Lipinski definition) is 0. The Hall–Kier alpha value is -4.45. The quantitative estimate of drug-likeness (QED) is 0.262. The molecule has 1 aromatic carbocycles. The fraction of sp³-hybridized carbons (Fsp3) is 0.400. The summed E-state index contributed by atoms with van der Waals surface area (Å²) in [5.74, 6) is -0.456. The maximum absolute atomic E-state index is 14.4. The molecule has 0 spiro atoms. The molecule has 0 aliphatic heterocycles. The number of hydrogen-bond acceptors (Lipinski definition) is 7. The van der Waals surface area contributed by atoms with Crippen LogP contribution >= 0.6 is 0 Å². The summed E-state index contributed by atoms with van der Waals surface area (Å²) in [6.07, 6.45) is 3.52. The van der Waals surface area contributed by atoms with Gasteiger partial charge in [-0.2, -0.15) is 5.10 Å². The number of carbonyl (C=O) groups is 2. The molecule has 0 N–H and O–H groups in total. The van der Waals surface area contributed by atoms with Crippen LogP contribution in [-0.4, -0.2) is 74.5 Å². The maximum atomic E-state index is 14.4. The maximum Gasteiger partial charge on any atom is 0.410 e. The molecule has 3 aromatic heterocycles. The Kier molecular flexibility index (Phi) is 8.86. The summed E-state index contributed by atoms with van der Waals surface area (Å²) in [7, 11) is 6.36. The molecule has 0 saturated carbocycles. The van der Waals surface area contributed by atoms with Crippen molar-refractivity contribution in [2.24, 2.45) is 7.05 Å². The van der Waals surface area contributed by atoms with Crippen molar-refractivity contribution in [1.82, 2.24) is 29.1 Å². The van der Waals surface area contributed by atoms with Gasteiger partial charge >= 0.3 is 6.09 Å². The molecule has 224 valence electrons. The molecule has 3 heterocycles. The SMILES string of the molecule is CON(C)C(=O)c1nn(C)c(C)c1CCOc1cc(F)ccc1-c1ccc2ncc(CN(C)C(=O)OC(C)(C)C)n2c1. The van der Waals surface area contributed by atoms with Crippen molar-refractivity contribution in [2.75, 3.05) is 27.8 Å². The Labute approximate surface area is 244 Å². The van der Waals surface area contributed by atoms with Crippen molar-refractivity contribution in [3.05, 3.63) is 71.2 Å². The molecule has 0 fully saturated rings. The second kappa shape index (κ2) is 12.2. The van der Waals surface area contributed by atoms with Crippen LogP contribution in [0.1, 0.15) is 48.2 Å². The lowest BCUT2D eigenvalue weighted by molar-refractivity contribution is -0.0761. The van der Waals surface area contributed by atoms with Gasteiger partial charge in [-0.05, 0) is 52.0 Å². The summed E-state index contributed by atoms with van der Waals surface area (Å²) in [6, 6.07) is 8.10. The number of ether oxygens (including phenoxy) is 2. The Morgan fingerprint density at radius 2 is 1.86 bits per heavy atom. The number of imidazole rings is 1. The van der Waals surface area contributed by atoms with Gasteiger partial charge in [-0.15, -0.1) is 0 Å². The topological polar surface area (TPSA) is 103 Å². The molecule has 2 amide bonds. The highest BCUT2D eigenvalue weighted by atomic mass is 19.1. The molecule has 4 aromatic rings. The summed E-state index contributed by atoms with van der Waals surface area (Å²) in [5, 5.41) is 5.47. The molecule has 42 heavy (non-hydrogen) atoms. The molecule has 0 unspecified atom stereocenters. The van der Waals surface area contributed by atoms with Gasteiger partial charge in [0.25, 0.3) is 5.91 Å². The Morgan fingerprint density at radius 1 is 1.12 bits per heavy atom. The van der Waals surface area contributed by atoms with Gasteiger partial charge in [0, 0.05) is 62.2 Å². The normalized spacial score (nSPS) is 11.5. The summed E-state index contributed by atoms with van der Waals surface area (Å²) in [4.78, 5) is 36.2. The number of aromatic nitrogens is 4. The lowest BCUT2D eigenvalue weighted by Crippen LogP contribution is -2.34. The average Bonchev–Trinajstić information content (AvgIpc) is 3.46. The monoisotopic (exact) mass is 580 g/mol. The fourth-order valence-electron chi connectivity index (χ4n) is 4.43. The van der Waals surface area contributed by atoms with Crippen LogP contribution in [0.15, 0.2) is 42.7 Å². The number of hydroxylamine groups is 2. The molecule has 0 atom stereocenters. The number of amides is 2. The molecule has 0 saturated heterocycles. The van der Waals surface area contributed by atoms with Gasteiger partial charge in [0.05, 0.1) is 32.2 Å². The molecule has 0 aliphatic rings. The van der Waals surface area contributed by atoms with Gasteiger partial charge < -0.3 is 18.8 Å². The minimum atomic E-state index is -0.607. The number of nitrogens with zero attached hydrogens (tertiary/aromatic N) is 6. The van der Waals surface area contributed by atoms with Crippen molar-refractivity contribution >= 4 is 17.6 Å². The van der Waals surface area contributed by atoms with Crippen LogP contribution in [0.4, 0.5) is 9.18 Å².